The van der Waals surface area contributed by atoms with Crippen molar-refractivity contribution in [3.63, 3.8) is 0 Å². The number of fused-ring (bicyclic) bond motifs is 1. The minimum Gasteiger partial charge on any atom is -0.480 e. The van der Waals surface area contributed by atoms with Crippen LogP contribution in [-0.4, -0.2) is 38.6 Å². The van der Waals surface area contributed by atoms with E-state index in [9.17, 15) is 23.1 Å². The van der Waals surface area contributed by atoms with Crippen molar-refractivity contribution in [2.75, 3.05) is 7.11 Å². The molecule has 3 rings (SSSR count). The number of carbonyl (C=O) groups is 2. The third-order valence-electron chi connectivity index (χ3n) is 6.40. The van der Waals surface area contributed by atoms with Crippen molar-refractivity contribution in [1.29, 1.82) is 0 Å². The smallest absolute Gasteiger partial charge is 0.322 e. The van der Waals surface area contributed by atoms with E-state index in [-0.39, 0.29) is 29.1 Å². The summed E-state index contributed by atoms with van der Waals surface area (Å²) in [4.78, 5) is 23.7. The maximum atomic E-state index is 13.1. The summed E-state index contributed by atoms with van der Waals surface area (Å²) in [5.41, 5.74) is 1.33. The number of aryl methyl sites for hydroxylation is 1. The number of furan rings is 1. The number of esters is 1. The fraction of sp³-hybridized carbons (Fsp3) is 0.448. The number of benzene rings is 2. The molecule has 0 bridgehead atoms. The maximum absolute atomic E-state index is 13.1. The van der Waals surface area contributed by atoms with Crippen molar-refractivity contribution in [3.8, 4) is 0 Å². The fourth-order valence-corrected chi connectivity index (χ4v) is 5.41. The lowest BCUT2D eigenvalue weighted by Gasteiger charge is -2.19. The van der Waals surface area contributed by atoms with Crippen LogP contribution in [0.4, 0.5) is 0 Å². The van der Waals surface area contributed by atoms with Crippen molar-refractivity contribution in [1.82, 2.24) is 4.72 Å². The molecule has 2 N–H and O–H groups in total. The number of ether oxygens (including phenoxy) is 1. The van der Waals surface area contributed by atoms with E-state index in [0.29, 0.717) is 23.3 Å². The van der Waals surface area contributed by atoms with E-state index >= 15 is 0 Å². The van der Waals surface area contributed by atoms with Gasteiger partial charge in [-0.3, -0.25) is 9.59 Å². The number of methoxy groups -OCH3 is 1. The van der Waals surface area contributed by atoms with Crippen molar-refractivity contribution in [3.05, 3.63) is 65.1 Å². The molecule has 0 radical (unpaired) electrons. The molecule has 0 aliphatic heterocycles. The normalized spacial score (nSPS) is 13.4. The number of carboxylic acids is 1. The molecule has 0 saturated heterocycles. The van der Waals surface area contributed by atoms with Crippen LogP contribution < -0.4 is 4.72 Å². The van der Waals surface area contributed by atoms with E-state index in [2.05, 4.69) is 4.72 Å². The average Bonchev–Trinajstić information content (AvgIpc) is 3.19. The highest BCUT2D eigenvalue weighted by atomic mass is 32.2. The monoisotopic (exact) mass is 543 g/mol. The summed E-state index contributed by atoms with van der Waals surface area (Å²) < 4.78 is 39.4. The molecule has 1 heterocycles. The maximum Gasteiger partial charge on any atom is 0.322 e. The lowest BCUT2D eigenvalue weighted by molar-refractivity contribution is -0.141. The summed E-state index contributed by atoms with van der Waals surface area (Å²) in [7, 11) is -2.76. The van der Waals surface area contributed by atoms with E-state index in [1.54, 1.807) is 12.1 Å². The molecule has 0 saturated carbocycles. The molecule has 1 unspecified atom stereocenters. The Morgan fingerprint density at radius 2 is 1.61 bits per heavy atom. The average molecular weight is 544 g/mol. The van der Waals surface area contributed by atoms with Crippen LogP contribution in [0.3, 0.4) is 0 Å². The number of hydrogen-bond acceptors (Lipinski definition) is 6. The molecular formula is C29H37NO7S. The lowest BCUT2D eigenvalue weighted by atomic mass is 9.87. The van der Waals surface area contributed by atoms with Crippen LogP contribution in [0.1, 0.15) is 70.6 Å². The Balaban J connectivity index is 1.94. The minimum atomic E-state index is -4.10. The predicted molar refractivity (Wildman–Crippen MR) is 146 cm³/mol. The molecular weight excluding hydrogens is 506 g/mol. The number of hydrogen-bond donors (Lipinski definition) is 2. The van der Waals surface area contributed by atoms with Gasteiger partial charge >= 0.3 is 11.9 Å². The molecule has 0 spiro atoms. The number of rotatable bonds is 9. The standard InChI is InChI=1S/C29H37NO7S/c1-28(2,3)19-10-12-20(13-11-19)38(34,35)30-23(27(32)33)17-24-21-14-8-18(9-15-25(31)36-7)16-22(21)26(37-24)29(4,5)6/h8,10-14,16,23,30H,9,15,17H2,1-7H3,(H,32,33). The zero-order valence-electron chi connectivity index (χ0n) is 23.0. The molecule has 0 amide bonds. The fourth-order valence-electron chi connectivity index (χ4n) is 4.22. The Bertz CT molecular complexity index is 1420. The quantitative estimate of drug-likeness (QED) is 0.360. The number of sulfonamides is 1. The number of aliphatic carboxylic acids is 1. The van der Waals surface area contributed by atoms with Gasteiger partial charge in [0.05, 0.1) is 12.0 Å². The van der Waals surface area contributed by atoms with E-state index in [4.69, 9.17) is 9.15 Å². The van der Waals surface area contributed by atoms with Crippen molar-refractivity contribution >= 4 is 32.7 Å². The molecule has 1 atom stereocenters. The molecule has 3 aromatic rings. The molecule has 2 aromatic carbocycles. The predicted octanol–water partition coefficient (Wildman–Crippen LogP) is 5.11. The summed E-state index contributed by atoms with van der Waals surface area (Å²) in [5.74, 6) is -0.579. The van der Waals surface area contributed by atoms with E-state index in [0.717, 1.165) is 16.5 Å². The van der Waals surface area contributed by atoms with E-state index in [1.165, 1.54) is 19.2 Å². The highest BCUT2D eigenvalue weighted by molar-refractivity contribution is 7.89. The van der Waals surface area contributed by atoms with Crippen molar-refractivity contribution < 1.29 is 32.3 Å². The number of carbonyl (C=O) groups excluding carboxylic acids is 1. The highest BCUT2D eigenvalue weighted by Crippen LogP contribution is 2.36. The summed E-state index contributed by atoms with van der Waals surface area (Å²) in [6.07, 6.45) is 0.540. The van der Waals surface area contributed by atoms with Gasteiger partial charge < -0.3 is 14.3 Å². The Hall–Kier alpha value is -3.17. The molecule has 0 aliphatic carbocycles. The summed E-state index contributed by atoms with van der Waals surface area (Å²) in [5, 5.41) is 11.4. The molecule has 0 aliphatic rings. The second kappa shape index (κ2) is 10.9. The molecule has 9 heteroatoms. The van der Waals surface area contributed by atoms with Gasteiger partial charge in [-0.05, 0) is 41.2 Å². The topological polar surface area (TPSA) is 123 Å². The third kappa shape index (κ3) is 6.82. The van der Waals surface area contributed by atoms with Crippen molar-refractivity contribution in [2.24, 2.45) is 0 Å². The second-order valence-corrected chi connectivity index (χ2v) is 13.3. The summed E-state index contributed by atoms with van der Waals surface area (Å²) in [6, 6.07) is 10.6. The van der Waals surface area contributed by atoms with Crippen LogP contribution in [-0.2, 0) is 48.0 Å². The first-order valence-electron chi connectivity index (χ1n) is 12.5. The molecule has 0 fully saturated rings. The molecule has 1 aromatic heterocycles. The first-order chi connectivity index (χ1) is 17.5. The van der Waals surface area contributed by atoms with Crippen LogP contribution in [0.2, 0.25) is 0 Å². The Labute approximate surface area is 224 Å². The number of carboxylic acid groups (broad SMARTS) is 1. The Morgan fingerprint density at radius 1 is 0.974 bits per heavy atom. The van der Waals surface area contributed by atoms with Gasteiger partial charge in [0.25, 0.3) is 0 Å². The zero-order chi connectivity index (χ0) is 28.5. The van der Waals surface area contributed by atoms with Gasteiger partial charge in [0.2, 0.25) is 10.0 Å². The Morgan fingerprint density at radius 3 is 2.13 bits per heavy atom. The van der Waals surface area contributed by atoms with Gasteiger partial charge in [-0.15, -0.1) is 0 Å². The van der Waals surface area contributed by atoms with Crippen molar-refractivity contribution in [2.45, 2.75) is 82.6 Å². The number of nitrogens with one attached hydrogen (secondary N) is 1. The Kier molecular flexibility index (Phi) is 8.43. The van der Waals surface area contributed by atoms with Crippen LogP contribution in [0.15, 0.2) is 51.8 Å². The van der Waals surface area contributed by atoms with Gasteiger partial charge in [0.15, 0.2) is 0 Å². The highest BCUT2D eigenvalue weighted by Gasteiger charge is 2.30. The first kappa shape index (κ1) is 29.4. The molecule has 206 valence electrons. The SMILES string of the molecule is COC(=O)CCc1ccc2c(CC(NS(=O)(=O)c3ccc(C(C)(C)C)cc3)C(=O)O)oc(C(C)(C)C)c2c1. The van der Waals surface area contributed by atoms with E-state index in [1.807, 2.05) is 59.7 Å². The largest absolute Gasteiger partial charge is 0.480 e. The minimum absolute atomic E-state index is 0.00770. The summed E-state index contributed by atoms with van der Waals surface area (Å²) in [6.45, 7) is 12.0. The van der Waals surface area contributed by atoms with E-state index < -0.39 is 27.4 Å². The second-order valence-electron chi connectivity index (χ2n) is 11.6. The first-order valence-corrected chi connectivity index (χ1v) is 14.0. The third-order valence-corrected chi connectivity index (χ3v) is 7.88. The van der Waals surface area contributed by atoms with Gasteiger partial charge in [0, 0.05) is 29.0 Å². The van der Waals surface area contributed by atoms with Gasteiger partial charge in [-0.25, -0.2) is 8.42 Å². The van der Waals surface area contributed by atoms with Crippen LogP contribution in [0, 0.1) is 0 Å². The van der Waals surface area contributed by atoms with Gasteiger partial charge in [0.1, 0.15) is 17.6 Å². The van der Waals surface area contributed by atoms with Gasteiger partial charge in [-0.1, -0.05) is 65.8 Å². The molecule has 8 nitrogen and oxygen atoms in total. The van der Waals surface area contributed by atoms with Gasteiger partial charge in [-0.2, -0.15) is 4.72 Å². The zero-order valence-corrected chi connectivity index (χ0v) is 23.9. The molecule has 38 heavy (non-hydrogen) atoms. The lowest BCUT2D eigenvalue weighted by Crippen LogP contribution is -2.42. The summed E-state index contributed by atoms with van der Waals surface area (Å²) >= 11 is 0. The van der Waals surface area contributed by atoms with Crippen LogP contribution >= 0.6 is 0 Å². The van der Waals surface area contributed by atoms with Crippen LogP contribution in [0.25, 0.3) is 10.8 Å². The van der Waals surface area contributed by atoms with Crippen LogP contribution in [0.5, 0.6) is 0 Å².